The van der Waals surface area contributed by atoms with E-state index in [-0.39, 0.29) is 11.9 Å². The highest BCUT2D eigenvalue weighted by Crippen LogP contribution is 2.19. The minimum atomic E-state index is 0.0473. The number of methoxy groups -OCH3 is 1. The van der Waals surface area contributed by atoms with E-state index in [9.17, 15) is 4.79 Å². The SMILES string of the molecule is COCCNC(=O)CN1CCN(C(C)c2nc(C)no2)CC1. The van der Waals surface area contributed by atoms with Crippen molar-refractivity contribution in [2.24, 2.45) is 0 Å². The number of nitrogens with zero attached hydrogens (tertiary/aromatic N) is 4. The van der Waals surface area contributed by atoms with Crippen molar-refractivity contribution in [3.05, 3.63) is 11.7 Å². The fraction of sp³-hybridized carbons (Fsp3) is 0.786. The molecule has 22 heavy (non-hydrogen) atoms. The van der Waals surface area contributed by atoms with Crippen molar-refractivity contribution >= 4 is 5.91 Å². The van der Waals surface area contributed by atoms with Crippen LogP contribution in [0.1, 0.15) is 24.7 Å². The molecule has 0 bridgehead atoms. The van der Waals surface area contributed by atoms with Gasteiger partial charge in [0.1, 0.15) is 0 Å². The van der Waals surface area contributed by atoms with Crippen LogP contribution < -0.4 is 5.32 Å². The molecule has 1 aromatic rings. The number of piperazine rings is 1. The molecule has 1 amide bonds. The molecule has 1 aliphatic heterocycles. The molecule has 8 heteroatoms. The van der Waals surface area contributed by atoms with Crippen LogP contribution in [0.25, 0.3) is 0 Å². The van der Waals surface area contributed by atoms with Gasteiger partial charge in [-0.05, 0) is 13.8 Å². The van der Waals surface area contributed by atoms with Gasteiger partial charge in [0.05, 0.1) is 19.2 Å². The predicted molar refractivity (Wildman–Crippen MR) is 80.3 cm³/mol. The Morgan fingerprint density at radius 3 is 2.73 bits per heavy atom. The Kier molecular flexibility index (Phi) is 6.29. The Morgan fingerprint density at radius 1 is 1.41 bits per heavy atom. The molecule has 1 fully saturated rings. The number of rotatable bonds is 7. The molecular formula is C14H25N5O3. The lowest BCUT2D eigenvalue weighted by Crippen LogP contribution is -2.50. The molecular weight excluding hydrogens is 286 g/mol. The van der Waals surface area contributed by atoms with Gasteiger partial charge in [0.25, 0.3) is 0 Å². The predicted octanol–water partition coefficient (Wildman–Crippen LogP) is -0.181. The highest BCUT2D eigenvalue weighted by Gasteiger charge is 2.26. The van der Waals surface area contributed by atoms with Crippen LogP contribution in [0, 0.1) is 6.92 Å². The molecule has 1 aliphatic rings. The third-order valence-electron chi connectivity index (χ3n) is 3.85. The third-order valence-corrected chi connectivity index (χ3v) is 3.85. The van der Waals surface area contributed by atoms with Gasteiger partial charge >= 0.3 is 0 Å². The fourth-order valence-corrected chi connectivity index (χ4v) is 2.50. The summed E-state index contributed by atoms with van der Waals surface area (Å²) in [5.41, 5.74) is 0. The second-order valence-electron chi connectivity index (χ2n) is 5.51. The molecule has 0 spiro atoms. The molecule has 1 aromatic heterocycles. The van der Waals surface area contributed by atoms with Crippen LogP contribution in [0.2, 0.25) is 0 Å². The van der Waals surface area contributed by atoms with E-state index in [4.69, 9.17) is 9.26 Å². The quantitative estimate of drug-likeness (QED) is 0.699. The Hall–Kier alpha value is -1.51. The zero-order valence-electron chi connectivity index (χ0n) is 13.5. The lowest BCUT2D eigenvalue weighted by atomic mass is 10.2. The number of ether oxygens (including phenoxy) is 1. The highest BCUT2D eigenvalue weighted by atomic mass is 16.5. The lowest BCUT2D eigenvalue weighted by molar-refractivity contribution is -0.122. The van der Waals surface area contributed by atoms with Crippen LogP contribution in [0.15, 0.2) is 4.52 Å². The first kappa shape index (κ1) is 16.9. The van der Waals surface area contributed by atoms with Crippen LogP contribution in [0.3, 0.4) is 0 Å². The largest absolute Gasteiger partial charge is 0.383 e. The Balaban J connectivity index is 1.72. The number of hydrogen-bond acceptors (Lipinski definition) is 7. The number of carbonyl (C=O) groups is 1. The molecule has 1 unspecified atom stereocenters. The number of aryl methyl sites for hydroxylation is 1. The summed E-state index contributed by atoms with van der Waals surface area (Å²) in [5.74, 6) is 1.36. The second-order valence-corrected chi connectivity index (χ2v) is 5.51. The monoisotopic (exact) mass is 311 g/mol. The first-order valence-electron chi connectivity index (χ1n) is 7.62. The smallest absolute Gasteiger partial charge is 0.243 e. The zero-order valence-corrected chi connectivity index (χ0v) is 13.5. The number of amides is 1. The van der Waals surface area contributed by atoms with Crippen LogP contribution >= 0.6 is 0 Å². The maximum absolute atomic E-state index is 11.8. The summed E-state index contributed by atoms with van der Waals surface area (Å²) in [6.45, 7) is 8.90. The third kappa shape index (κ3) is 4.75. The molecule has 2 rings (SSSR count). The van der Waals surface area contributed by atoms with E-state index in [1.807, 2.05) is 6.92 Å². The summed E-state index contributed by atoms with van der Waals surface area (Å²) in [4.78, 5) is 20.5. The van der Waals surface area contributed by atoms with Crippen molar-refractivity contribution in [2.45, 2.75) is 19.9 Å². The maximum Gasteiger partial charge on any atom is 0.243 e. The van der Waals surface area contributed by atoms with Gasteiger partial charge in [-0.3, -0.25) is 14.6 Å². The standard InChI is InChI=1S/C14H25N5O3/c1-11(14-16-12(2)17-22-14)19-7-5-18(6-8-19)10-13(20)15-4-9-21-3/h11H,4-10H2,1-3H3,(H,15,20). The first-order valence-corrected chi connectivity index (χ1v) is 7.62. The van der Waals surface area contributed by atoms with E-state index < -0.39 is 0 Å². The van der Waals surface area contributed by atoms with Gasteiger partial charge in [0, 0.05) is 39.8 Å². The van der Waals surface area contributed by atoms with Gasteiger partial charge in [0.15, 0.2) is 5.82 Å². The van der Waals surface area contributed by atoms with Crippen molar-refractivity contribution in [1.29, 1.82) is 0 Å². The minimum Gasteiger partial charge on any atom is -0.383 e. The summed E-state index contributed by atoms with van der Waals surface area (Å²) in [6.07, 6.45) is 0. The maximum atomic E-state index is 11.8. The van der Waals surface area contributed by atoms with Gasteiger partial charge in [0.2, 0.25) is 11.8 Å². The first-order chi connectivity index (χ1) is 10.6. The van der Waals surface area contributed by atoms with Gasteiger partial charge in [-0.25, -0.2) is 0 Å². The average Bonchev–Trinajstić information content (AvgIpc) is 2.94. The van der Waals surface area contributed by atoms with Crippen molar-refractivity contribution in [3.63, 3.8) is 0 Å². The molecule has 0 aromatic carbocycles. The molecule has 1 atom stereocenters. The van der Waals surface area contributed by atoms with Gasteiger partial charge < -0.3 is 14.6 Å². The molecule has 0 radical (unpaired) electrons. The molecule has 0 saturated carbocycles. The minimum absolute atomic E-state index is 0.0473. The summed E-state index contributed by atoms with van der Waals surface area (Å²) in [5, 5.41) is 6.68. The summed E-state index contributed by atoms with van der Waals surface area (Å²) >= 11 is 0. The Labute approximate surface area is 130 Å². The molecule has 2 heterocycles. The summed E-state index contributed by atoms with van der Waals surface area (Å²) in [7, 11) is 1.62. The van der Waals surface area contributed by atoms with Crippen molar-refractivity contribution < 1.29 is 14.1 Å². The summed E-state index contributed by atoms with van der Waals surface area (Å²) in [6, 6.07) is 0.110. The lowest BCUT2D eigenvalue weighted by Gasteiger charge is -2.36. The summed E-state index contributed by atoms with van der Waals surface area (Å²) < 4.78 is 10.1. The van der Waals surface area contributed by atoms with E-state index in [2.05, 4.69) is 32.2 Å². The molecule has 8 nitrogen and oxygen atoms in total. The van der Waals surface area contributed by atoms with Gasteiger partial charge in [-0.1, -0.05) is 5.16 Å². The van der Waals surface area contributed by atoms with Crippen molar-refractivity contribution in [3.8, 4) is 0 Å². The van der Waals surface area contributed by atoms with E-state index in [1.54, 1.807) is 7.11 Å². The zero-order chi connectivity index (χ0) is 15.9. The van der Waals surface area contributed by atoms with E-state index in [0.29, 0.717) is 31.4 Å². The molecule has 124 valence electrons. The van der Waals surface area contributed by atoms with Crippen LogP contribution in [-0.2, 0) is 9.53 Å². The topological polar surface area (TPSA) is 83.7 Å². The Bertz CT molecular complexity index is 471. The average molecular weight is 311 g/mol. The second kappa shape index (κ2) is 8.21. The van der Waals surface area contributed by atoms with Crippen LogP contribution in [0.4, 0.5) is 0 Å². The van der Waals surface area contributed by atoms with Gasteiger partial charge in [-0.2, -0.15) is 4.98 Å². The molecule has 1 N–H and O–H groups in total. The van der Waals surface area contributed by atoms with Gasteiger partial charge in [-0.15, -0.1) is 0 Å². The Morgan fingerprint density at radius 2 is 2.14 bits per heavy atom. The van der Waals surface area contributed by atoms with Crippen LogP contribution in [-0.4, -0.2) is 78.8 Å². The van der Waals surface area contributed by atoms with Crippen LogP contribution in [0.5, 0.6) is 0 Å². The highest BCUT2D eigenvalue weighted by molar-refractivity contribution is 5.77. The number of aromatic nitrogens is 2. The van der Waals surface area contributed by atoms with Crippen molar-refractivity contribution in [2.75, 3.05) is 53.0 Å². The van der Waals surface area contributed by atoms with E-state index in [0.717, 1.165) is 26.2 Å². The number of nitrogens with one attached hydrogen (secondary N) is 1. The van der Waals surface area contributed by atoms with Crippen molar-refractivity contribution in [1.82, 2.24) is 25.3 Å². The number of carbonyl (C=O) groups excluding carboxylic acids is 1. The fourth-order valence-electron chi connectivity index (χ4n) is 2.50. The van der Waals surface area contributed by atoms with E-state index >= 15 is 0 Å². The molecule has 1 saturated heterocycles. The number of hydrogen-bond donors (Lipinski definition) is 1. The normalized spacial score (nSPS) is 18.3. The van der Waals surface area contributed by atoms with E-state index in [1.165, 1.54) is 0 Å². The molecule has 0 aliphatic carbocycles.